The summed E-state index contributed by atoms with van der Waals surface area (Å²) in [5.41, 5.74) is 8.34. The van der Waals surface area contributed by atoms with E-state index in [-0.39, 0.29) is 11.8 Å². The van der Waals surface area contributed by atoms with Crippen molar-refractivity contribution in [2.24, 2.45) is 17.6 Å². The van der Waals surface area contributed by atoms with Gasteiger partial charge in [-0.25, -0.2) is 0 Å². The van der Waals surface area contributed by atoms with E-state index >= 15 is 0 Å². The van der Waals surface area contributed by atoms with Gasteiger partial charge in [0, 0.05) is 6.04 Å². The molecule has 0 saturated heterocycles. The van der Waals surface area contributed by atoms with Crippen LogP contribution in [0.5, 0.6) is 5.75 Å². The molecule has 2 nitrogen and oxygen atoms in total. The Bertz CT molecular complexity index is 422. The zero-order valence-electron chi connectivity index (χ0n) is 10.7. The fraction of sp³-hybridized carbons (Fsp3) is 0.571. The number of ether oxygens (including phenoxy) is 1. The molecule has 18 heavy (non-hydrogen) atoms. The molecule has 0 bridgehead atoms. The minimum Gasteiger partial charge on any atom is -0.435 e. The average molecular weight is 255 g/mol. The first kappa shape index (κ1) is 13.3. The lowest BCUT2D eigenvalue weighted by Crippen LogP contribution is -2.23. The van der Waals surface area contributed by atoms with E-state index in [1.165, 1.54) is 0 Å². The maximum atomic E-state index is 12.2. The summed E-state index contributed by atoms with van der Waals surface area (Å²) in [5.74, 6) is 1.07. The molecule has 1 aromatic carbocycles. The third kappa shape index (κ3) is 2.64. The Morgan fingerprint density at radius 3 is 2.72 bits per heavy atom. The standard InChI is InChI=1S/C14H19F2NO/c1-8-3-4-10-5-6-11(18-14(15)16)7-12(10)13(17)9(8)2/h5-9,13-14H,3-4,17H2,1-2H3. The van der Waals surface area contributed by atoms with E-state index in [9.17, 15) is 8.78 Å². The van der Waals surface area contributed by atoms with Crippen LogP contribution in [0.3, 0.4) is 0 Å². The van der Waals surface area contributed by atoms with E-state index in [2.05, 4.69) is 18.6 Å². The molecule has 1 aromatic rings. The topological polar surface area (TPSA) is 35.2 Å². The number of aryl methyl sites for hydroxylation is 1. The third-order valence-electron chi connectivity index (χ3n) is 4.03. The third-order valence-corrected chi connectivity index (χ3v) is 4.03. The van der Waals surface area contributed by atoms with Gasteiger partial charge in [0.2, 0.25) is 0 Å². The van der Waals surface area contributed by atoms with Gasteiger partial charge in [-0.3, -0.25) is 0 Å². The second-order valence-electron chi connectivity index (χ2n) is 5.14. The highest BCUT2D eigenvalue weighted by Crippen LogP contribution is 2.36. The van der Waals surface area contributed by atoms with Crippen molar-refractivity contribution in [1.82, 2.24) is 0 Å². The molecule has 0 aromatic heterocycles. The quantitative estimate of drug-likeness (QED) is 0.821. The van der Waals surface area contributed by atoms with Crippen molar-refractivity contribution in [3.05, 3.63) is 29.3 Å². The first-order valence-electron chi connectivity index (χ1n) is 6.32. The fourth-order valence-electron chi connectivity index (χ4n) is 2.57. The molecule has 0 amide bonds. The lowest BCUT2D eigenvalue weighted by molar-refractivity contribution is -0.0499. The van der Waals surface area contributed by atoms with Crippen LogP contribution in [0.25, 0.3) is 0 Å². The molecule has 0 saturated carbocycles. The van der Waals surface area contributed by atoms with Crippen molar-refractivity contribution in [3.8, 4) is 5.75 Å². The van der Waals surface area contributed by atoms with Crippen LogP contribution in [0.2, 0.25) is 0 Å². The number of nitrogens with two attached hydrogens (primary N) is 1. The maximum Gasteiger partial charge on any atom is 0.387 e. The number of benzene rings is 1. The summed E-state index contributed by atoms with van der Waals surface area (Å²) in [6.07, 6.45) is 2.03. The summed E-state index contributed by atoms with van der Waals surface area (Å²) in [6, 6.07) is 5.01. The Kier molecular flexibility index (Phi) is 3.85. The number of hydrogen-bond donors (Lipinski definition) is 1. The van der Waals surface area contributed by atoms with Crippen LogP contribution in [0.1, 0.15) is 37.4 Å². The van der Waals surface area contributed by atoms with Gasteiger partial charge in [-0.05, 0) is 47.9 Å². The SMILES string of the molecule is CC1CCc2ccc(OC(F)F)cc2C(N)C1C. The summed E-state index contributed by atoms with van der Waals surface area (Å²) in [5, 5.41) is 0. The Balaban J connectivity index is 2.33. The molecule has 4 heteroatoms. The average Bonchev–Trinajstić information content (AvgIpc) is 2.42. The molecular weight excluding hydrogens is 236 g/mol. The van der Waals surface area contributed by atoms with Crippen LogP contribution in [0.15, 0.2) is 18.2 Å². The van der Waals surface area contributed by atoms with Crippen LogP contribution in [0.4, 0.5) is 8.78 Å². The van der Waals surface area contributed by atoms with Crippen LogP contribution in [-0.4, -0.2) is 6.61 Å². The Hall–Kier alpha value is -1.16. The molecule has 2 rings (SSSR count). The zero-order valence-corrected chi connectivity index (χ0v) is 10.7. The second-order valence-corrected chi connectivity index (χ2v) is 5.14. The minimum absolute atomic E-state index is 0.112. The van der Waals surface area contributed by atoms with Gasteiger partial charge >= 0.3 is 6.61 Å². The first-order valence-corrected chi connectivity index (χ1v) is 6.32. The van der Waals surface area contributed by atoms with Gasteiger partial charge in [-0.2, -0.15) is 8.78 Å². The Morgan fingerprint density at radius 2 is 2.06 bits per heavy atom. The van der Waals surface area contributed by atoms with E-state index in [0.29, 0.717) is 11.8 Å². The van der Waals surface area contributed by atoms with Crippen molar-refractivity contribution in [2.75, 3.05) is 0 Å². The molecule has 2 N–H and O–H groups in total. The number of rotatable bonds is 2. The van der Waals surface area contributed by atoms with Crippen LogP contribution < -0.4 is 10.5 Å². The highest BCUT2D eigenvalue weighted by Gasteiger charge is 2.27. The Morgan fingerprint density at radius 1 is 1.33 bits per heavy atom. The van der Waals surface area contributed by atoms with Gasteiger partial charge in [-0.1, -0.05) is 19.9 Å². The number of fused-ring (bicyclic) bond motifs is 1. The summed E-state index contributed by atoms with van der Waals surface area (Å²) in [4.78, 5) is 0. The molecular formula is C14H19F2NO. The van der Waals surface area contributed by atoms with Crippen LogP contribution in [0, 0.1) is 11.8 Å². The van der Waals surface area contributed by atoms with E-state index in [0.717, 1.165) is 24.0 Å². The second kappa shape index (κ2) is 5.22. The predicted octanol–water partition coefficient (Wildman–Crippen LogP) is 3.51. The maximum absolute atomic E-state index is 12.2. The van der Waals surface area contributed by atoms with Gasteiger partial charge in [0.15, 0.2) is 0 Å². The summed E-state index contributed by atoms with van der Waals surface area (Å²) in [7, 11) is 0. The van der Waals surface area contributed by atoms with E-state index < -0.39 is 6.61 Å². The molecule has 0 fully saturated rings. The van der Waals surface area contributed by atoms with E-state index in [1.54, 1.807) is 12.1 Å². The smallest absolute Gasteiger partial charge is 0.387 e. The largest absolute Gasteiger partial charge is 0.435 e. The van der Waals surface area contributed by atoms with Gasteiger partial charge in [-0.15, -0.1) is 0 Å². The first-order chi connectivity index (χ1) is 8.49. The van der Waals surface area contributed by atoms with Crippen molar-refractivity contribution in [3.63, 3.8) is 0 Å². The molecule has 1 aliphatic rings. The van der Waals surface area contributed by atoms with Crippen molar-refractivity contribution in [1.29, 1.82) is 0 Å². The lowest BCUT2D eigenvalue weighted by Gasteiger charge is -2.23. The van der Waals surface area contributed by atoms with Gasteiger partial charge < -0.3 is 10.5 Å². The monoisotopic (exact) mass is 255 g/mol. The van der Waals surface area contributed by atoms with E-state index in [1.807, 2.05) is 6.07 Å². The highest BCUT2D eigenvalue weighted by molar-refractivity contribution is 5.39. The fourth-order valence-corrected chi connectivity index (χ4v) is 2.57. The van der Waals surface area contributed by atoms with Crippen LogP contribution >= 0.6 is 0 Å². The molecule has 1 aliphatic carbocycles. The van der Waals surface area contributed by atoms with Crippen molar-refractivity contribution in [2.45, 2.75) is 39.3 Å². The summed E-state index contributed by atoms with van der Waals surface area (Å²) < 4.78 is 28.9. The Labute approximate surface area is 106 Å². The molecule has 0 spiro atoms. The molecule has 0 aliphatic heterocycles. The van der Waals surface area contributed by atoms with Gasteiger partial charge in [0.25, 0.3) is 0 Å². The normalized spacial score (nSPS) is 27.8. The van der Waals surface area contributed by atoms with Crippen molar-refractivity contribution >= 4 is 0 Å². The number of alkyl halides is 2. The zero-order chi connectivity index (χ0) is 13.3. The molecule has 3 unspecified atom stereocenters. The van der Waals surface area contributed by atoms with Crippen LogP contribution in [-0.2, 0) is 6.42 Å². The minimum atomic E-state index is -2.79. The van der Waals surface area contributed by atoms with Crippen molar-refractivity contribution < 1.29 is 13.5 Å². The predicted molar refractivity (Wildman–Crippen MR) is 66.7 cm³/mol. The summed E-state index contributed by atoms with van der Waals surface area (Å²) in [6.45, 7) is 1.51. The highest BCUT2D eigenvalue weighted by atomic mass is 19.3. The number of halogens is 2. The molecule has 3 atom stereocenters. The van der Waals surface area contributed by atoms with Gasteiger partial charge in [0.1, 0.15) is 5.75 Å². The van der Waals surface area contributed by atoms with E-state index in [4.69, 9.17) is 5.73 Å². The summed E-state index contributed by atoms with van der Waals surface area (Å²) >= 11 is 0. The van der Waals surface area contributed by atoms with Gasteiger partial charge in [0.05, 0.1) is 0 Å². The number of hydrogen-bond acceptors (Lipinski definition) is 2. The molecule has 0 heterocycles. The lowest BCUT2D eigenvalue weighted by atomic mass is 9.86. The molecule has 100 valence electrons. The molecule has 0 radical (unpaired) electrons.